The Bertz CT molecular complexity index is 327. The van der Waals surface area contributed by atoms with Gasteiger partial charge in [-0.25, -0.2) is 8.42 Å². The van der Waals surface area contributed by atoms with Crippen LogP contribution in [0.15, 0.2) is 0 Å². The molecule has 0 atom stereocenters. The van der Waals surface area contributed by atoms with Gasteiger partial charge in [-0.15, -0.1) is 0 Å². The van der Waals surface area contributed by atoms with E-state index in [0.717, 1.165) is 19.4 Å². The van der Waals surface area contributed by atoms with E-state index in [1.54, 1.807) is 11.4 Å². The molecule has 0 radical (unpaired) electrons. The third-order valence-corrected chi connectivity index (χ3v) is 5.35. The summed E-state index contributed by atoms with van der Waals surface area (Å²) in [6, 6.07) is 0.467. The summed E-state index contributed by atoms with van der Waals surface area (Å²) in [6.45, 7) is 9.81. The van der Waals surface area contributed by atoms with Crippen LogP contribution in [0, 0.1) is 0 Å². The first kappa shape index (κ1) is 19.8. The van der Waals surface area contributed by atoms with Crippen molar-refractivity contribution < 1.29 is 13.2 Å². The van der Waals surface area contributed by atoms with Gasteiger partial charge in [-0.3, -0.25) is 0 Å². The molecule has 0 amide bonds. The number of sulfonamides is 1. The lowest BCUT2D eigenvalue weighted by Gasteiger charge is -2.29. The second kappa shape index (κ2) is 10.5. The highest BCUT2D eigenvalue weighted by Crippen LogP contribution is 2.14. The summed E-state index contributed by atoms with van der Waals surface area (Å²) in [7, 11) is -1.60. The number of rotatable bonds is 12. The molecule has 0 aromatic heterocycles. The Morgan fingerprint density at radius 3 is 2.25 bits per heavy atom. The molecular weight excluding hydrogens is 276 g/mol. The van der Waals surface area contributed by atoms with Crippen LogP contribution in [0.4, 0.5) is 0 Å². The summed E-state index contributed by atoms with van der Waals surface area (Å²) in [5, 5.41) is 3.25. The molecule has 0 saturated carbocycles. The van der Waals surface area contributed by atoms with E-state index in [-0.39, 0.29) is 11.8 Å². The van der Waals surface area contributed by atoms with Gasteiger partial charge in [0, 0.05) is 25.7 Å². The Hall–Kier alpha value is -0.170. The van der Waals surface area contributed by atoms with Gasteiger partial charge in [0.2, 0.25) is 10.0 Å². The van der Waals surface area contributed by atoms with Crippen LogP contribution in [0.3, 0.4) is 0 Å². The minimum absolute atomic E-state index is 0.0770. The summed E-state index contributed by atoms with van der Waals surface area (Å²) < 4.78 is 31.6. The molecule has 5 nitrogen and oxygen atoms in total. The van der Waals surface area contributed by atoms with E-state index in [9.17, 15) is 8.42 Å². The Morgan fingerprint density at radius 1 is 1.20 bits per heavy atom. The van der Waals surface area contributed by atoms with Gasteiger partial charge >= 0.3 is 0 Å². The SMILES string of the molecule is CCC(CC)N(CCOC)S(=O)(=O)CCCNC(C)C. The average Bonchev–Trinajstić information content (AvgIpc) is 2.39. The lowest BCUT2D eigenvalue weighted by molar-refractivity contribution is 0.163. The quantitative estimate of drug-likeness (QED) is 0.559. The zero-order chi connectivity index (χ0) is 15.6. The van der Waals surface area contributed by atoms with Crippen molar-refractivity contribution in [2.75, 3.05) is 32.6 Å². The molecule has 0 aromatic rings. The van der Waals surface area contributed by atoms with Gasteiger partial charge in [-0.05, 0) is 25.8 Å². The van der Waals surface area contributed by atoms with Crippen molar-refractivity contribution in [1.29, 1.82) is 0 Å². The number of ether oxygens (including phenoxy) is 1. The number of hydrogen-bond donors (Lipinski definition) is 1. The van der Waals surface area contributed by atoms with E-state index >= 15 is 0 Å². The largest absolute Gasteiger partial charge is 0.383 e. The highest BCUT2D eigenvalue weighted by Gasteiger charge is 2.27. The molecule has 0 unspecified atom stereocenters. The molecule has 0 aliphatic carbocycles. The predicted octanol–water partition coefficient (Wildman–Crippen LogP) is 1.84. The minimum atomic E-state index is -3.20. The molecule has 0 rings (SSSR count). The van der Waals surface area contributed by atoms with Gasteiger partial charge in [-0.1, -0.05) is 27.7 Å². The standard InChI is InChI=1S/C14H32N2O3S/c1-6-14(7-2)16(10-11-19-5)20(17,18)12-8-9-15-13(3)4/h13-15H,6-12H2,1-5H3. The maximum absolute atomic E-state index is 12.5. The number of nitrogens with one attached hydrogen (secondary N) is 1. The molecule has 0 aromatic carbocycles. The highest BCUT2D eigenvalue weighted by molar-refractivity contribution is 7.89. The molecule has 0 spiro atoms. The van der Waals surface area contributed by atoms with Crippen molar-refractivity contribution in [3.63, 3.8) is 0 Å². The summed E-state index contributed by atoms with van der Waals surface area (Å²) >= 11 is 0. The first-order valence-corrected chi connectivity index (χ1v) is 9.21. The van der Waals surface area contributed by atoms with Gasteiger partial charge < -0.3 is 10.1 Å². The smallest absolute Gasteiger partial charge is 0.214 e. The predicted molar refractivity (Wildman–Crippen MR) is 84.5 cm³/mol. The lowest BCUT2D eigenvalue weighted by atomic mass is 10.2. The molecule has 0 bridgehead atoms. The molecular formula is C14H32N2O3S. The topological polar surface area (TPSA) is 58.6 Å². The van der Waals surface area contributed by atoms with E-state index < -0.39 is 10.0 Å². The van der Waals surface area contributed by atoms with Crippen LogP contribution in [-0.2, 0) is 14.8 Å². The molecule has 0 aliphatic rings. The minimum Gasteiger partial charge on any atom is -0.383 e. The Morgan fingerprint density at radius 2 is 1.80 bits per heavy atom. The van der Waals surface area contributed by atoms with Gasteiger partial charge in [0.15, 0.2) is 0 Å². The van der Waals surface area contributed by atoms with Crippen molar-refractivity contribution in [3.8, 4) is 0 Å². The highest BCUT2D eigenvalue weighted by atomic mass is 32.2. The Balaban J connectivity index is 4.59. The summed E-state index contributed by atoms with van der Waals surface area (Å²) in [6.07, 6.45) is 2.32. The van der Waals surface area contributed by atoms with E-state index in [0.29, 0.717) is 25.6 Å². The van der Waals surface area contributed by atoms with Gasteiger partial charge in [0.05, 0.1) is 12.4 Å². The second-order valence-corrected chi connectivity index (χ2v) is 7.39. The van der Waals surface area contributed by atoms with Crippen molar-refractivity contribution in [3.05, 3.63) is 0 Å². The van der Waals surface area contributed by atoms with E-state index in [1.165, 1.54) is 0 Å². The molecule has 0 aliphatic heterocycles. The normalized spacial score (nSPS) is 12.8. The van der Waals surface area contributed by atoms with E-state index in [1.807, 2.05) is 13.8 Å². The average molecular weight is 308 g/mol. The van der Waals surface area contributed by atoms with Crippen molar-refractivity contribution in [2.24, 2.45) is 0 Å². The maximum atomic E-state index is 12.5. The van der Waals surface area contributed by atoms with Crippen LogP contribution < -0.4 is 5.32 Å². The number of methoxy groups -OCH3 is 1. The molecule has 0 fully saturated rings. The molecule has 6 heteroatoms. The fraction of sp³-hybridized carbons (Fsp3) is 1.00. The molecule has 1 N–H and O–H groups in total. The second-order valence-electron chi connectivity index (χ2n) is 5.35. The Labute approximate surface area is 125 Å². The fourth-order valence-electron chi connectivity index (χ4n) is 2.19. The van der Waals surface area contributed by atoms with Crippen molar-refractivity contribution >= 4 is 10.0 Å². The monoisotopic (exact) mass is 308 g/mol. The first-order valence-electron chi connectivity index (χ1n) is 7.60. The van der Waals surface area contributed by atoms with Crippen LogP contribution in [0.1, 0.15) is 47.0 Å². The third-order valence-electron chi connectivity index (χ3n) is 3.35. The summed E-state index contributed by atoms with van der Waals surface area (Å²) in [5.41, 5.74) is 0. The maximum Gasteiger partial charge on any atom is 0.214 e. The van der Waals surface area contributed by atoms with Crippen LogP contribution in [-0.4, -0.2) is 57.4 Å². The van der Waals surface area contributed by atoms with Crippen LogP contribution >= 0.6 is 0 Å². The van der Waals surface area contributed by atoms with Gasteiger partial charge in [-0.2, -0.15) is 4.31 Å². The van der Waals surface area contributed by atoms with Crippen LogP contribution in [0.5, 0.6) is 0 Å². The zero-order valence-corrected chi connectivity index (χ0v) is 14.5. The Kier molecular flexibility index (Phi) is 10.5. The number of hydrogen-bond acceptors (Lipinski definition) is 4. The summed E-state index contributed by atoms with van der Waals surface area (Å²) in [4.78, 5) is 0. The van der Waals surface area contributed by atoms with Crippen LogP contribution in [0.25, 0.3) is 0 Å². The summed E-state index contributed by atoms with van der Waals surface area (Å²) in [5.74, 6) is 0.201. The first-order chi connectivity index (χ1) is 9.38. The van der Waals surface area contributed by atoms with Crippen molar-refractivity contribution in [2.45, 2.75) is 59.0 Å². The van der Waals surface area contributed by atoms with E-state index in [4.69, 9.17) is 4.74 Å². The third kappa shape index (κ3) is 7.57. The van der Waals surface area contributed by atoms with Crippen molar-refractivity contribution in [1.82, 2.24) is 9.62 Å². The van der Waals surface area contributed by atoms with Gasteiger partial charge in [0.25, 0.3) is 0 Å². The van der Waals surface area contributed by atoms with Crippen LogP contribution in [0.2, 0.25) is 0 Å². The fourth-order valence-corrected chi connectivity index (χ4v) is 4.04. The zero-order valence-electron chi connectivity index (χ0n) is 13.7. The molecule has 20 heavy (non-hydrogen) atoms. The molecule has 0 heterocycles. The number of nitrogens with zero attached hydrogens (tertiary/aromatic N) is 1. The lowest BCUT2D eigenvalue weighted by Crippen LogP contribution is -2.43. The van der Waals surface area contributed by atoms with E-state index in [2.05, 4.69) is 19.2 Å². The van der Waals surface area contributed by atoms with Gasteiger partial charge in [0.1, 0.15) is 0 Å². The molecule has 0 saturated heterocycles. The molecule has 122 valence electrons.